The summed E-state index contributed by atoms with van der Waals surface area (Å²) in [6.45, 7) is 6.09. The molecule has 2 aliphatic rings. The maximum absolute atomic E-state index is 12.2. The molecule has 1 aromatic carbocycles. The van der Waals surface area contributed by atoms with Gasteiger partial charge in [0.1, 0.15) is 5.75 Å². The van der Waals surface area contributed by atoms with Crippen LogP contribution in [0.15, 0.2) is 41.3 Å². The molecule has 0 radical (unpaired) electrons. The summed E-state index contributed by atoms with van der Waals surface area (Å²) in [4.78, 5) is 14.8. The molecule has 170 valence electrons. The van der Waals surface area contributed by atoms with Gasteiger partial charge in [-0.05, 0) is 69.4 Å². The van der Waals surface area contributed by atoms with E-state index >= 15 is 0 Å². The average molecular weight is 437 g/mol. The number of hydrogen-bond acceptors (Lipinski definition) is 5. The minimum atomic E-state index is -0.895. The Bertz CT molecular complexity index is 1180. The van der Waals surface area contributed by atoms with Gasteiger partial charge < -0.3 is 14.4 Å². The Kier molecular flexibility index (Phi) is 5.34. The highest BCUT2D eigenvalue weighted by Gasteiger charge is 2.47. The molecule has 3 aromatic rings. The molecule has 2 aliphatic heterocycles. The lowest BCUT2D eigenvalue weighted by atomic mass is 9.85. The SMILES string of the molecule is CCn1cc(CN2[C@@H]3CC[C@H]2CC(O)(Cn2nc(C)ccc2=O)C3)c2cc(OC)ccc21. The van der Waals surface area contributed by atoms with Crippen LogP contribution in [0.25, 0.3) is 10.9 Å². The number of fused-ring (bicyclic) bond motifs is 3. The van der Waals surface area contributed by atoms with Gasteiger partial charge in [-0.2, -0.15) is 5.10 Å². The van der Waals surface area contributed by atoms with Crippen molar-refractivity contribution in [1.29, 1.82) is 0 Å². The van der Waals surface area contributed by atoms with E-state index in [2.05, 4.69) is 39.8 Å². The van der Waals surface area contributed by atoms with Crippen molar-refractivity contribution in [1.82, 2.24) is 19.2 Å². The highest BCUT2D eigenvalue weighted by Crippen LogP contribution is 2.43. The van der Waals surface area contributed by atoms with E-state index in [0.717, 1.165) is 37.4 Å². The number of ether oxygens (including phenoxy) is 1. The number of nitrogens with zero attached hydrogens (tertiary/aromatic N) is 4. The molecule has 7 heteroatoms. The summed E-state index contributed by atoms with van der Waals surface area (Å²) in [5.41, 5.74) is 2.28. The summed E-state index contributed by atoms with van der Waals surface area (Å²) in [6, 6.07) is 10.2. The lowest BCUT2D eigenvalue weighted by molar-refractivity contribution is -0.0677. The summed E-state index contributed by atoms with van der Waals surface area (Å²) in [5.74, 6) is 0.875. The van der Waals surface area contributed by atoms with E-state index in [1.165, 1.54) is 27.2 Å². The second kappa shape index (κ2) is 8.05. The largest absolute Gasteiger partial charge is 0.497 e. The molecular weight excluding hydrogens is 404 g/mol. The van der Waals surface area contributed by atoms with Crippen LogP contribution in [-0.2, 0) is 19.6 Å². The second-order valence-electron chi connectivity index (χ2n) is 9.48. The number of piperidine rings is 1. The van der Waals surface area contributed by atoms with Crippen LogP contribution in [-0.4, -0.2) is 49.1 Å². The number of aliphatic hydroxyl groups is 1. The Morgan fingerprint density at radius 2 is 1.94 bits per heavy atom. The van der Waals surface area contributed by atoms with Crippen LogP contribution < -0.4 is 10.3 Å². The Morgan fingerprint density at radius 3 is 2.62 bits per heavy atom. The van der Waals surface area contributed by atoms with Gasteiger partial charge in [-0.15, -0.1) is 0 Å². The summed E-state index contributed by atoms with van der Waals surface area (Å²) < 4.78 is 9.21. The van der Waals surface area contributed by atoms with Crippen LogP contribution in [0.5, 0.6) is 5.75 Å². The molecule has 0 saturated carbocycles. The van der Waals surface area contributed by atoms with Crippen molar-refractivity contribution in [3.8, 4) is 5.75 Å². The minimum absolute atomic E-state index is 0.153. The monoisotopic (exact) mass is 436 g/mol. The molecule has 4 heterocycles. The molecule has 0 spiro atoms. The van der Waals surface area contributed by atoms with Crippen molar-refractivity contribution >= 4 is 10.9 Å². The molecule has 2 bridgehead atoms. The van der Waals surface area contributed by atoms with Crippen molar-refractivity contribution in [2.24, 2.45) is 0 Å². The van der Waals surface area contributed by atoms with E-state index in [0.29, 0.717) is 24.9 Å². The fraction of sp³-hybridized carbons (Fsp3) is 0.520. The first kappa shape index (κ1) is 21.2. The first-order valence-corrected chi connectivity index (χ1v) is 11.6. The summed E-state index contributed by atoms with van der Waals surface area (Å²) in [5, 5.41) is 17.0. The van der Waals surface area contributed by atoms with E-state index in [9.17, 15) is 9.90 Å². The van der Waals surface area contributed by atoms with Gasteiger partial charge in [0, 0.05) is 48.3 Å². The maximum Gasteiger partial charge on any atom is 0.266 e. The molecule has 2 fully saturated rings. The molecule has 1 unspecified atom stereocenters. The zero-order chi connectivity index (χ0) is 22.5. The fourth-order valence-corrected chi connectivity index (χ4v) is 5.81. The smallest absolute Gasteiger partial charge is 0.266 e. The number of hydrogen-bond donors (Lipinski definition) is 1. The van der Waals surface area contributed by atoms with E-state index in [1.54, 1.807) is 13.2 Å². The molecule has 3 atom stereocenters. The van der Waals surface area contributed by atoms with Crippen LogP contribution in [0.2, 0.25) is 0 Å². The van der Waals surface area contributed by atoms with E-state index < -0.39 is 5.60 Å². The fourth-order valence-electron chi connectivity index (χ4n) is 5.81. The Labute approximate surface area is 188 Å². The number of methoxy groups -OCH3 is 1. The van der Waals surface area contributed by atoms with Crippen LogP contribution in [0.1, 0.15) is 43.9 Å². The van der Waals surface area contributed by atoms with Gasteiger partial charge >= 0.3 is 0 Å². The van der Waals surface area contributed by atoms with Gasteiger partial charge in [-0.1, -0.05) is 0 Å². The van der Waals surface area contributed by atoms with Gasteiger partial charge in [-0.25, -0.2) is 4.68 Å². The average Bonchev–Trinajstić information content (AvgIpc) is 3.25. The topological polar surface area (TPSA) is 72.5 Å². The van der Waals surface area contributed by atoms with Gasteiger partial charge in [0.25, 0.3) is 5.56 Å². The van der Waals surface area contributed by atoms with Crippen molar-refractivity contribution in [2.45, 2.75) is 76.8 Å². The molecule has 0 aliphatic carbocycles. The van der Waals surface area contributed by atoms with Gasteiger partial charge in [0.15, 0.2) is 0 Å². The van der Waals surface area contributed by atoms with Crippen molar-refractivity contribution in [3.63, 3.8) is 0 Å². The number of aromatic nitrogens is 3. The van der Waals surface area contributed by atoms with Gasteiger partial charge in [0.2, 0.25) is 0 Å². The van der Waals surface area contributed by atoms with E-state index in [1.807, 2.05) is 13.0 Å². The first-order valence-electron chi connectivity index (χ1n) is 11.6. The molecular formula is C25H32N4O3. The minimum Gasteiger partial charge on any atom is -0.497 e. The van der Waals surface area contributed by atoms with Gasteiger partial charge in [0.05, 0.1) is 24.9 Å². The van der Waals surface area contributed by atoms with Crippen LogP contribution >= 0.6 is 0 Å². The highest BCUT2D eigenvalue weighted by molar-refractivity contribution is 5.85. The quantitative estimate of drug-likeness (QED) is 0.643. The van der Waals surface area contributed by atoms with E-state index in [-0.39, 0.29) is 12.1 Å². The Balaban J connectivity index is 1.39. The molecule has 7 nitrogen and oxygen atoms in total. The van der Waals surface area contributed by atoms with Crippen LogP contribution in [0.3, 0.4) is 0 Å². The van der Waals surface area contributed by atoms with Crippen molar-refractivity contribution in [3.05, 3.63) is 58.1 Å². The highest BCUT2D eigenvalue weighted by atomic mass is 16.5. The molecule has 2 aromatic heterocycles. The van der Waals surface area contributed by atoms with Crippen molar-refractivity contribution in [2.75, 3.05) is 7.11 Å². The molecule has 32 heavy (non-hydrogen) atoms. The third-order valence-corrected chi connectivity index (χ3v) is 7.31. The molecule has 0 amide bonds. The lowest BCUT2D eigenvalue weighted by Gasteiger charge is -2.43. The Hall–Kier alpha value is -2.64. The third kappa shape index (κ3) is 3.73. The lowest BCUT2D eigenvalue weighted by Crippen LogP contribution is -2.53. The summed E-state index contributed by atoms with van der Waals surface area (Å²) in [7, 11) is 1.71. The maximum atomic E-state index is 12.2. The van der Waals surface area contributed by atoms with E-state index in [4.69, 9.17) is 4.74 Å². The Morgan fingerprint density at radius 1 is 1.19 bits per heavy atom. The molecule has 2 saturated heterocycles. The first-order chi connectivity index (χ1) is 15.4. The van der Waals surface area contributed by atoms with Crippen LogP contribution in [0, 0.1) is 6.92 Å². The normalized spacial score (nSPS) is 25.5. The van der Waals surface area contributed by atoms with Crippen molar-refractivity contribution < 1.29 is 9.84 Å². The molecule has 1 N–H and O–H groups in total. The number of rotatable bonds is 6. The predicted molar refractivity (Wildman–Crippen MR) is 124 cm³/mol. The molecule has 5 rings (SSSR count). The second-order valence-corrected chi connectivity index (χ2v) is 9.48. The predicted octanol–water partition coefficient (Wildman–Crippen LogP) is 3.09. The standard InChI is InChI=1S/C25H32N4O3/c1-4-27-14-18(22-11-21(32-3)8-9-23(22)27)15-28-19-6-7-20(28)13-25(31,12-19)16-29-24(30)10-5-17(2)26-29/h5,8-11,14,19-20,31H,4,6-7,12-13,15-16H2,1-3H3/t19-,20+,25?. The number of benzene rings is 1. The zero-order valence-corrected chi connectivity index (χ0v) is 19.1. The zero-order valence-electron chi connectivity index (χ0n) is 19.1. The summed E-state index contributed by atoms with van der Waals surface area (Å²) >= 11 is 0. The third-order valence-electron chi connectivity index (χ3n) is 7.31. The van der Waals surface area contributed by atoms with Gasteiger partial charge in [-0.3, -0.25) is 9.69 Å². The van der Waals surface area contributed by atoms with Crippen LogP contribution in [0.4, 0.5) is 0 Å². The summed E-state index contributed by atoms with van der Waals surface area (Å²) in [6.07, 6.45) is 5.76. The number of aryl methyl sites for hydroxylation is 2.